The lowest BCUT2D eigenvalue weighted by atomic mass is 10.1. The minimum absolute atomic E-state index is 0.0267. The molecule has 18 heavy (non-hydrogen) atoms. The van der Waals surface area contributed by atoms with Gasteiger partial charge in [0.1, 0.15) is 5.75 Å². The summed E-state index contributed by atoms with van der Waals surface area (Å²) in [5.41, 5.74) is 0.268. The van der Waals surface area contributed by atoms with E-state index in [0.717, 1.165) is 0 Å². The van der Waals surface area contributed by atoms with E-state index in [9.17, 15) is 18.4 Å². The van der Waals surface area contributed by atoms with Gasteiger partial charge >= 0.3 is 6.61 Å². The maximum Gasteiger partial charge on any atom is 0.387 e. The first-order valence-corrected chi connectivity index (χ1v) is 5.26. The minimum atomic E-state index is -2.90. The Bertz CT molecular complexity index is 431. The molecule has 1 aromatic carbocycles. The van der Waals surface area contributed by atoms with Crippen molar-refractivity contribution in [2.75, 3.05) is 0 Å². The summed E-state index contributed by atoms with van der Waals surface area (Å²) in [4.78, 5) is 22.6. The molecule has 1 unspecified atom stereocenters. The molecule has 0 aliphatic rings. The molecule has 4 nitrogen and oxygen atoms in total. The first-order chi connectivity index (χ1) is 8.40. The third kappa shape index (κ3) is 4.12. The van der Waals surface area contributed by atoms with E-state index < -0.39 is 18.6 Å². The predicted molar refractivity (Wildman–Crippen MR) is 60.7 cm³/mol. The van der Waals surface area contributed by atoms with Gasteiger partial charge in [0.15, 0.2) is 5.78 Å². The van der Waals surface area contributed by atoms with Crippen LogP contribution in [0.15, 0.2) is 24.3 Å². The van der Waals surface area contributed by atoms with Gasteiger partial charge in [-0.05, 0) is 38.1 Å². The molecule has 0 aliphatic heterocycles. The number of hydrogen-bond donors (Lipinski definition) is 1. The highest BCUT2D eigenvalue weighted by Gasteiger charge is 2.13. The zero-order valence-electron chi connectivity index (χ0n) is 9.94. The standard InChI is InChI=1S/C12H13F2NO3/c1-7(8(2)16)15-11(17)9-3-5-10(6-4-9)18-12(13)14/h3-7,12H,1-2H3,(H,15,17). The first-order valence-electron chi connectivity index (χ1n) is 5.26. The molecular weight excluding hydrogens is 244 g/mol. The molecular formula is C12H13F2NO3. The van der Waals surface area contributed by atoms with E-state index in [1.165, 1.54) is 31.2 Å². The third-order valence-electron chi connectivity index (χ3n) is 2.30. The Kier molecular flexibility index (Phi) is 4.76. The van der Waals surface area contributed by atoms with E-state index in [2.05, 4.69) is 10.1 Å². The molecule has 0 heterocycles. The van der Waals surface area contributed by atoms with Crippen LogP contribution in [0.3, 0.4) is 0 Å². The summed E-state index contributed by atoms with van der Waals surface area (Å²) in [6.07, 6.45) is 0. The van der Waals surface area contributed by atoms with Gasteiger partial charge in [0.05, 0.1) is 6.04 Å². The highest BCUT2D eigenvalue weighted by Crippen LogP contribution is 2.14. The largest absolute Gasteiger partial charge is 0.435 e. The summed E-state index contributed by atoms with van der Waals surface area (Å²) in [5, 5.41) is 2.48. The van der Waals surface area contributed by atoms with Crippen LogP contribution in [0.4, 0.5) is 8.78 Å². The fourth-order valence-electron chi connectivity index (χ4n) is 1.17. The van der Waals surface area contributed by atoms with Crippen molar-refractivity contribution >= 4 is 11.7 Å². The Morgan fingerprint density at radius 1 is 1.22 bits per heavy atom. The van der Waals surface area contributed by atoms with Crippen molar-refractivity contribution in [2.45, 2.75) is 26.5 Å². The second-order valence-corrected chi connectivity index (χ2v) is 3.71. The van der Waals surface area contributed by atoms with Crippen LogP contribution >= 0.6 is 0 Å². The highest BCUT2D eigenvalue weighted by atomic mass is 19.3. The Morgan fingerprint density at radius 3 is 2.22 bits per heavy atom. The lowest BCUT2D eigenvalue weighted by molar-refractivity contribution is -0.118. The maximum absolute atomic E-state index is 11.9. The van der Waals surface area contributed by atoms with E-state index in [0.29, 0.717) is 0 Å². The number of benzene rings is 1. The molecule has 1 aromatic rings. The molecule has 1 rings (SSSR count). The number of ketones is 1. The molecule has 0 fully saturated rings. The molecule has 1 amide bonds. The number of amides is 1. The van der Waals surface area contributed by atoms with Crippen LogP contribution < -0.4 is 10.1 Å². The lowest BCUT2D eigenvalue weighted by Gasteiger charge is -2.10. The van der Waals surface area contributed by atoms with E-state index in [4.69, 9.17) is 0 Å². The number of nitrogens with one attached hydrogen (secondary N) is 1. The van der Waals surface area contributed by atoms with Crippen LogP contribution in [0, 0.1) is 0 Å². The summed E-state index contributed by atoms with van der Waals surface area (Å²) in [6, 6.07) is 4.63. The molecule has 0 saturated carbocycles. The quantitative estimate of drug-likeness (QED) is 0.877. The number of ether oxygens (including phenoxy) is 1. The van der Waals surface area contributed by atoms with Gasteiger partial charge in [-0.1, -0.05) is 0 Å². The van der Waals surface area contributed by atoms with E-state index in [-0.39, 0.29) is 17.1 Å². The SMILES string of the molecule is CC(=O)C(C)NC(=O)c1ccc(OC(F)F)cc1. The van der Waals surface area contributed by atoms with Crippen LogP contribution in [0.5, 0.6) is 5.75 Å². The summed E-state index contributed by atoms with van der Waals surface area (Å²) in [7, 11) is 0. The van der Waals surface area contributed by atoms with E-state index in [1.54, 1.807) is 6.92 Å². The average molecular weight is 257 g/mol. The Labute approximate surface area is 103 Å². The van der Waals surface area contributed by atoms with Crippen LogP contribution in [-0.4, -0.2) is 24.3 Å². The number of halogens is 2. The smallest absolute Gasteiger partial charge is 0.387 e. The van der Waals surface area contributed by atoms with E-state index in [1.807, 2.05) is 0 Å². The molecule has 0 spiro atoms. The zero-order chi connectivity index (χ0) is 13.7. The van der Waals surface area contributed by atoms with Gasteiger partial charge in [-0.25, -0.2) is 0 Å². The van der Waals surface area contributed by atoms with Crippen molar-refractivity contribution in [3.05, 3.63) is 29.8 Å². The predicted octanol–water partition coefficient (Wildman–Crippen LogP) is 2.00. The van der Waals surface area contributed by atoms with Gasteiger partial charge in [0, 0.05) is 5.56 Å². The van der Waals surface area contributed by atoms with Crippen molar-refractivity contribution in [3.63, 3.8) is 0 Å². The van der Waals surface area contributed by atoms with Crippen LogP contribution in [0.1, 0.15) is 24.2 Å². The fourth-order valence-corrected chi connectivity index (χ4v) is 1.17. The summed E-state index contributed by atoms with van der Waals surface area (Å²) < 4.78 is 28.0. The molecule has 1 atom stereocenters. The van der Waals surface area contributed by atoms with Crippen molar-refractivity contribution < 1.29 is 23.1 Å². The van der Waals surface area contributed by atoms with Gasteiger partial charge in [0.2, 0.25) is 0 Å². The average Bonchev–Trinajstić information content (AvgIpc) is 2.28. The van der Waals surface area contributed by atoms with Crippen molar-refractivity contribution in [1.82, 2.24) is 5.32 Å². The van der Waals surface area contributed by atoms with Crippen LogP contribution in [0.25, 0.3) is 0 Å². The van der Waals surface area contributed by atoms with E-state index >= 15 is 0 Å². The maximum atomic E-state index is 11.9. The molecule has 1 N–H and O–H groups in total. The molecule has 0 bridgehead atoms. The second-order valence-electron chi connectivity index (χ2n) is 3.71. The van der Waals surface area contributed by atoms with Gasteiger partial charge < -0.3 is 10.1 Å². The summed E-state index contributed by atoms with van der Waals surface area (Å²) >= 11 is 0. The normalized spacial score (nSPS) is 12.1. The molecule has 0 radical (unpaired) electrons. The topological polar surface area (TPSA) is 55.4 Å². The van der Waals surface area contributed by atoms with Crippen molar-refractivity contribution in [2.24, 2.45) is 0 Å². The fraction of sp³-hybridized carbons (Fsp3) is 0.333. The van der Waals surface area contributed by atoms with Crippen LogP contribution in [0.2, 0.25) is 0 Å². The highest BCUT2D eigenvalue weighted by molar-refractivity contribution is 5.97. The Balaban J connectivity index is 2.67. The van der Waals surface area contributed by atoms with Crippen molar-refractivity contribution in [1.29, 1.82) is 0 Å². The first kappa shape index (κ1) is 14.1. The number of carbonyl (C=O) groups is 2. The van der Waals surface area contributed by atoms with Gasteiger partial charge in [-0.15, -0.1) is 0 Å². The number of alkyl halides is 2. The molecule has 6 heteroatoms. The van der Waals surface area contributed by atoms with Crippen molar-refractivity contribution in [3.8, 4) is 5.75 Å². The Hall–Kier alpha value is -1.98. The third-order valence-corrected chi connectivity index (χ3v) is 2.30. The van der Waals surface area contributed by atoms with Gasteiger partial charge in [-0.2, -0.15) is 8.78 Å². The molecule has 0 saturated heterocycles. The number of Topliss-reactive ketones (excluding diaryl/α,β-unsaturated/α-hetero) is 1. The minimum Gasteiger partial charge on any atom is -0.435 e. The lowest BCUT2D eigenvalue weighted by Crippen LogP contribution is -2.37. The van der Waals surface area contributed by atoms with Gasteiger partial charge in [0.25, 0.3) is 5.91 Å². The monoisotopic (exact) mass is 257 g/mol. The summed E-state index contributed by atoms with van der Waals surface area (Å²) in [6.45, 7) is 0.0291. The zero-order valence-corrected chi connectivity index (χ0v) is 9.94. The molecule has 0 aromatic heterocycles. The number of rotatable bonds is 5. The Morgan fingerprint density at radius 2 is 1.78 bits per heavy atom. The number of carbonyl (C=O) groups excluding carboxylic acids is 2. The molecule has 98 valence electrons. The number of hydrogen-bond acceptors (Lipinski definition) is 3. The summed E-state index contributed by atoms with van der Waals surface area (Å²) in [5.74, 6) is -0.636. The molecule has 0 aliphatic carbocycles. The van der Waals surface area contributed by atoms with Crippen LogP contribution in [-0.2, 0) is 4.79 Å². The second kappa shape index (κ2) is 6.09. The van der Waals surface area contributed by atoms with Gasteiger partial charge in [-0.3, -0.25) is 9.59 Å².